The number of imidazole rings is 1. The molecule has 9 heteroatoms. The van der Waals surface area contributed by atoms with Crippen LogP contribution >= 0.6 is 11.3 Å². The number of nitrogens with one attached hydrogen (secondary N) is 2. The number of nitrogens with zero attached hydrogens (tertiary/aromatic N) is 2. The second kappa shape index (κ2) is 10.9. The fourth-order valence-electron chi connectivity index (χ4n) is 3.83. The van der Waals surface area contributed by atoms with Crippen molar-refractivity contribution in [1.29, 1.82) is 0 Å². The van der Waals surface area contributed by atoms with Gasteiger partial charge in [0, 0.05) is 16.5 Å². The third-order valence-corrected chi connectivity index (χ3v) is 6.65. The Hall–Kier alpha value is -4.50. The van der Waals surface area contributed by atoms with Gasteiger partial charge in [0.15, 0.2) is 11.2 Å². The Bertz CT molecular complexity index is 1590. The summed E-state index contributed by atoms with van der Waals surface area (Å²) in [4.78, 5) is 37.8. The molecule has 0 bridgehead atoms. The minimum absolute atomic E-state index is 0.322. The lowest BCUT2D eigenvalue weighted by atomic mass is 10.1. The number of anilines is 1. The Morgan fingerprint density at radius 1 is 1.00 bits per heavy atom. The van der Waals surface area contributed by atoms with Crippen LogP contribution in [0.25, 0.3) is 33.7 Å². The first-order valence-electron chi connectivity index (χ1n) is 12.2. The average Bonchev–Trinajstić information content (AvgIpc) is 3.56. The molecule has 0 saturated heterocycles. The number of fused-ring (bicyclic) bond motifs is 1. The number of aromatic amines is 1. The highest BCUT2D eigenvalue weighted by molar-refractivity contribution is 7.14. The highest BCUT2D eigenvalue weighted by Gasteiger charge is 2.21. The SMILES string of the molecule is CCOc1ccc(-c2csc(NC(=O)C(C)OC(=O)c3ccc4nc(-c5ccc(C)cc5)[nH]c4c3)n2)cc1. The van der Waals surface area contributed by atoms with Crippen molar-refractivity contribution in [3.05, 3.63) is 83.2 Å². The van der Waals surface area contributed by atoms with E-state index in [0.717, 1.165) is 33.7 Å². The normalized spacial score (nSPS) is 11.8. The minimum atomic E-state index is -1.01. The maximum atomic E-state index is 12.8. The topological polar surface area (TPSA) is 106 Å². The molecule has 38 heavy (non-hydrogen) atoms. The van der Waals surface area contributed by atoms with E-state index in [9.17, 15) is 9.59 Å². The van der Waals surface area contributed by atoms with Crippen LogP contribution in [0, 0.1) is 6.92 Å². The lowest BCUT2D eigenvalue weighted by Gasteiger charge is -2.12. The highest BCUT2D eigenvalue weighted by atomic mass is 32.1. The number of aromatic nitrogens is 3. The van der Waals surface area contributed by atoms with Crippen LogP contribution in [0.15, 0.2) is 72.1 Å². The Morgan fingerprint density at radius 2 is 1.74 bits per heavy atom. The molecule has 2 heterocycles. The summed E-state index contributed by atoms with van der Waals surface area (Å²) in [6.07, 6.45) is -1.01. The minimum Gasteiger partial charge on any atom is -0.494 e. The summed E-state index contributed by atoms with van der Waals surface area (Å²) < 4.78 is 10.9. The maximum Gasteiger partial charge on any atom is 0.338 e. The van der Waals surface area contributed by atoms with Gasteiger partial charge in [-0.3, -0.25) is 10.1 Å². The van der Waals surface area contributed by atoms with E-state index >= 15 is 0 Å². The molecule has 2 aromatic heterocycles. The highest BCUT2D eigenvalue weighted by Crippen LogP contribution is 2.27. The van der Waals surface area contributed by atoms with Gasteiger partial charge in [-0.2, -0.15) is 0 Å². The van der Waals surface area contributed by atoms with Crippen LogP contribution < -0.4 is 10.1 Å². The van der Waals surface area contributed by atoms with Gasteiger partial charge in [0.2, 0.25) is 0 Å². The van der Waals surface area contributed by atoms with E-state index in [2.05, 4.69) is 20.3 Å². The van der Waals surface area contributed by atoms with E-state index in [1.165, 1.54) is 18.3 Å². The molecule has 0 aliphatic rings. The molecule has 0 aliphatic carbocycles. The number of carbonyl (C=O) groups is 2. The summed E-state index contributed by atoms with van der Waals surface area (Å²) in [6.45, 7) is 6.08. The zero-order valence-electron chi connectivity index (χ0n) is 21.1. The standard InChI is InChI=1S/C29H26N4O4S/c1-4-36-22-12-9-19(10-13-22)25-16-38-29(32-25)33-27(34)18(3)37-28(35)21-11-14-23-24(15-21)31-26(30-23)20-7-5-17(2)6-8-20/h5-16,18H,4H2,1-3H3,(H,30,31)(H,32,33,34). The predicted molar refractivity (Wildman–Crippen MR) is 148 cm³/mol. The van der Waals surface area contributed by atoms with Crippen molar-refractivity contribution in [3.8, 4) is 28.4 Å². The zero-order valence-corrected chi connectivity index (χ0v) is 22.0. The van der Waals surface area contributed by atoms with Crippen molar-refractivity contribution in [2.75, 3.05) is 11.9 Å². The van der Waals surface area contributed by atoms with Gasteiger partial charge in [-0.05, 0) is 63.2 Å². The number of aryl methyl sites for hydroxylation is 1. The number of amides is 1. The molecule has 192 valence electrons. The zero-order chi connectivity index (χ0) is 26.6. The molecular weight excluding hydrogens is 500 g/mol. The molecule has 0 fully saturated rings. The van der Waals surface area contributed by atoms with Gasteiger partial charge in [-0.1, -0.05) is 29.8 Å². The fraction of sp³-hybridized carbons (Fsp3) is 0.172. The van der Waals surface area contributed by atoms with Crippen molar-refractivity contribution in [2.45, 2.75) is 26.9 Å². The summed E-state index contributed by atoms with van der Waals surface area (Å²) in [7, 11) is 0. The van der Waals surface area contributed by atoms with Crippen molar-refractivity contribution >= 4 is 39.4 Å². The lowest BCUT2D eigenvalue weighted by molar-refractivity contribution is -0.123. The molecular formula is C29H26N4O4S. The molecule has 5 rings (SSSR count). The van der Waals surface area contributed by atoms with Crippen LogP contribution in [0.3, 0.4) is 0 Å². The molecule has 3 aromatic carbocycles. The Morgan fingerprint density at radius 3 is 2.47 bits per heavy atom. The molecule has 1 amide bonds. The van der Waals surface area contributed by atoms with E-state index < -0.39 is 18.0 Å². The molecule has 1 atom stereocenters. The third-order valence-electron chi connectivity index (χ3n) is 5.89. The second-order valence-electron chi connectivity index (χ2n) is 8.72. The lowest BCUT2D eigenvalue weighted by Crippen LogP contribution is -2.29. The van der Waals surface area contributed by atoms with Gasteiger partial charge in [0.25, 0.3) is 5.91 Å². The van der Waals surface area contributed by atoms with E-state index in [4.69, 9.17) is 9.47 Å². The monoisotopic (exact) mass is 526 g/mol. The molecule has 0 radical (unpaired) electrons. The Labute approximate surface area is 223 Å². The van der Waals surface area contributed by atoms with Gasteiger partial charge < -0.3 is 14.5 Å². The van der Waals surface area contributed by atoms with Crippen molar-refractivity contribution in [3.63, 3.8) is 0 Å². The predicted octanol–water partition coefficient (Wildman–Crippen LogP) is 6.24. The van der Waals surface area contributed by atoms with Gasteiger partial charge in [0.05, 0.1) is 28.9 Å². The number of H-pyrrole nitrogens is 1. The van der Waals surface area contributed by atoms with Crippen LogP contribution in [0.4, 0.5) is 5.13 Å². The number of ether oxygens (including phenoxy) is 2. The van der Waals surface area contributed by atoms with Gasteiger partial charge in [-0.25, -0.2) is 14.8 Å². The fourth-order valence-corrected chi connectivity index (χ4v) is 4.55. The smallest absolute Gasteiger partial charge is 0.338 e. The first kappa shape index (κ1) is 25.2. The van der Waals surface area contributed by atoms with E-state index in [0.29, 0.717) is 28.6 Å². The number of esters is 1. The molecule has 0 aliphatic heterocycles. The number of benzene rings is 3. The van der Waals surface area contributed by atoms with Gasteiger partial charge in [-0.15, -0.1) is 11.3 Å². The van der Waals surface area contributed by atoms with Crippen molar-refractivity contribution in [2.24, 2.45) is 0 Å². The summed E-state index contributed by atoms with van der Waals surface area (Å²) in [5, 5.41) is 5.00. The first-order valence-corrected chi connectivity index (χ1v) is 13.0. The molecule has 1 unspecified atom stereocenters. The van der Waals surface area contributed by atoms with Gasteiger partial charge >= 0.3 is 5.97 Å². The summed E-state index contributed by atoms with van der Waals surface area (Å²) in [5.41, 5.74) is 5.51. The quantitative estimate of drug-likeness (QED) is 0.232. The number of thiazole rings is 1. The number of carbonyl (C=O) groups excluding carboxylic acids is 2. The average molecular weight is 527 g/mol. The van der Waals surface area contributed by atoms with Crippen molar-refractivity contribution in [1.82, 2.24) is 15.0 Å². The molecule has 0 spiro atoms. The Balaban J connectivity index is 1.21. The second-order valence-corrected chi connectivity index (χ2v) is 9.57. The first-order chi connectivity index (χ1) is 18.4. The number of rotatable bonds is 8. The number of hydrogen-bond donors (Lipinski definition) is 2. The Kier molecular flexibility index (Phi) is 7.19. The van der Waals surface area contributed by atoms with Crippen LogP contribution in [-0.4, -0.2) is 39.5 Å². The summed E-state index contributed by atoms with van der Waals surface area (Å²) >= 11 is 1.30. The van der Waals surface area contributed by atoms with E-state index in [-0.39, 0.29) is 0 Å². The third kappa shape index (κ3) is 5.57. The van der Waals surface area contributed by atoms with Gasteiger partial charge in [0.1, 0.15) is 11.6 Å². The van der Waals surface area contributed by atoms with Crippen LogP contribution in [0.2, 0.25) is 0 Å². The van der Waals surface area contributed by atoms with Crippen molar-refractivity contribution < 1.29 is 19.1 Å². The van der Waals surface area contributed by atoms with E-state index in [1.807, 2.05) is 67.8 Å². The largest absolute Gasteiger partial charge is 0.494 e. The van der Waals surface area contributed by atoms with Crippen LogP contribution in [-0.2, 0) is 9.53 Å². The summed E-state index contributed by atoms with van der Waals surface area (Å²) in [6, 6.07) is 20.7. The summed E-state index contributed by atoms with van der Waals surface area (Å²) in [5.74, 6) is 0.436. The number of hydrogen-bond acceptors (Lipinski definition) is 7. The van der Waals surface area contributed by atoms with Crippen LogP contribution in [0.1, 0.15) is 29.8 Å². The van der Waals surface area contributed by atoms with Crippen LogP contribution in [0.5, 0.6) is 5.75 Å². The maximum absolute atomic E-state index is 12.8. The molecule has 2 N–H and O–H groups in total. The molecule has 8 nitrogen and oxygen atoms in total. The van der Waals surface area contributed by atoms with E-state index in [1.54, 1.807) is 18.2 Å². The molecule has 5 aromatic rings. The molecule has 0 saturated carbocycles.